The van der Waals surface area contributed by atoms with Crippen LogP contribution in [0, 0.1) is 12.7 Å². The summed E-state index contributed by atoms with van der Waals surface area (Å²) >= 11 is 0. The minimum Gasteiger partial charge on any atom is -0.382 e. The Balaban J connectivity index is 2.03. The Kier molecular flexibility index (Phi) is 3.98. The van der Waals surface area contributed by atoms with Gasteiger partial charge >= 0.3 is 0 Å². The summed E-state index contributed by atoms with van der Waals surface area (Å²) in [5.74, 6) is -0.160. The molecule has 0 saturated heterocycles. The second-order valence-electron chi connectivity index (χ2n) is 4.65. The number of nitrogens with one attached hydrogen (secondary N) is 1. The third-order valence-corrected chi connectivity index (χ3v) is 3.05. The zero-order chi connectivity index (χ0) is 13.0. The highest BCUT2D eigenvalue weighted by molar-refractivity contribution is 5.51. The Morgan fingerprint density at radius 1 is 1.06 bits per heavy atom. The number of halogens is 1. The molecule has 1 nitrogen and oxygen atoms in total. The molecule has 1 unspecified atom stereocenters. The van der Waals surface area contributed by atoms with Crippen molar-refractivity contribution >= 4 is 5.69 Å². The molecule has 0 fully saturated rings. The van der Waals surface area contributed by atoms with Crippen LogP contribution in [0.4, 0.5) is 10.1 Å². The van der Waals surface area contributed by atoms with E-state index >= 15 is 0 Å². The molecule has 0 spiro atoms. The van der Waals surface area contributed by atoms with Crippen LogP contribution >= 0.6 is 0 Å². The molecule has 0 aromatic heterocycles. The zero-order valence-corrected chi connectivity index (χ0v) is 10.8. The van der Waals surface area contributed by atoms with Gasteiger partial charge in [0, 0.05) is 17.3 Å². The van der Waals surface area contributed by atoms with Crippen LogP contribution in [-0.4, -0.2) is 6.04 Å². The summed E-state index contributed by atoms with van der Waals surface area (Å²) in [6.07, 6.45) is 0.927. The fourth-order valence-electron chi connectivity index (χ4n) is 2.05. The van der Waals surface area contributed by atoms with Crippen molar-refractivity contribution < 1.29 is 4.39 Å². The highest BCUT2D eigenvalue weighted by Gasteiger charge is 2.07. The molecule has 0 amide bonds. The van der Waals surface area contributed by atoms with Crippen LogP contribution in [0.5, 0.6) is 0 Å². The number of anilines is 1. The van der Waals surface area contributed by atoms with E-state index in [9.17, 15) is 4.39 Å². The quantitative estimate of drug-likeness (QED) is 0.849. The molecule has 1 N–H and O–H groups in total. The normalized spacial score (nSPS) is 12.2. The molecule has 1 atom stereocenters. The van der Waals surface area contributed by atoms with Crippen LogP contribution in [0.3, 0.4) is 0 Å². The Morgan fingerprint density at radius 2 is 1.78 bits per heavy atom. The van der Waals surface area contributed by atoms with Crippen molar-refractivity contribution in [2.45, 2.75) is 26.3 Å². The number of rotatable bonds is 4. The average molecular weight is 243 g/mol. The third-order valence-electron chi connectivity index (χ3n) is 3.05. The second kappa shape index (κ2) is 5.67. The Labute approximate surface area is 108 Å². The molecule has 0 aliphatic rings. The van der Waals surface area contributed by atoms with Crippen molar-refractivity contribution in [3.8, 4) is 0 Å². The van der Waals surface area contributed by atoms with E-state index in [1.807, 2.05) is 24.3 Å². The molecule has 0 heterocycles. The number of hydrogen-bond donors (Lipinski definition) is 1. The summed E-state index contributed by atoms with van der Waals surface area (Å²) in [6, 6.07) is 15.7. The maximum atomic E-state index is 13.4. The molecule has 94 valence electrons. The van der Waals surface area contributed by atoms with Crippen LogP contribution in [0.15, 0.2) is 48.5 Å². The largest absolute Gasteiger partial charge is 0.382 e. The van der Waals surface area contributed by atoms with Crippen molar-refractivity contribution in [2.24, 2.45) is 0 Å². The first-order valence-electron chi connectivity index (χ1n) is 6.22. The minimum absolute atomic E-state index is 0.160. The highest BCUT2D eigenvalue weighted by Crippen LogP contribution is 2.19. The number of benzene rings is 2. The summed E-state index contributed by atoms with van der Waals surface area (Å²) in [4.78, 5) is 0. The lowest BCUT2D eigenvalue weighted by Crippen LogP contribution is -2.18. The predicted octanol–water partition coefficient (Wildman–Crippen LogP) is 4.18. The van der Waals surface area contributed by atoms with Crippen LogP contribution in [0.25, 0.3) is 0 Å². The molecular formula is C16H18FN. The lowest BCUT2D eigenvalue weighted by Gasteiger charge is -2.17. The molecule has 0 bridgehead atoms. The Morgan fingerprint density at radius 3 is 2.50 bits per heavy atom. The first kappa shape index (κ1) is 12.6. The SMILES string of the molecule is Cc1c(F)cccc1NC(C)Cc1ccccc1. The van der Waals surface area contributed by atoms with Gasteiger partial charge in [0.25, 0.3) is 0 Å². The summed E-state index contributed by atoms with van der Waals surface area (Å²) < 4.78 is 13.4. The lowest BCUT2D eigenvalue weighted by molar-refractivity contribution is 0.618. The van der Waals surface area contributed by atoms with E-state index in [2.05, 4.69) is 24.4 Å². The lowest BCUT2D eigenvalue weighted by atomic mass is 10.1. The first-order valence-corrected chi connectivity index (χ1v) is 6.22. The maximum absolute atomic E-state index is 13.4. The van der Waals surface area contributed by atoms with E-state index < -0.39 is 0 Å². The molecule has 2 aromatic carbocycles. The molecule has 2 rings (SSSR count). The topological polar surface area (TPSA) is 12.0 Å². The smallest absolute Gasteiger partial charge is 0.128 e. The van der Waals surface area contributed by atoms with Crippen LogP contribution in [-0.2, 0) is 6.42 Å². The van der Waals surface area contributed by atoms with E-state index in [-0.39, 0.29) is 11.9 Å². The van der Waals surface area contributed by atoms with E-state index in [1.165, 1.54) is 11.6 Å². The molecule has 0 aliphatic carbocycles. The predicted molar refractivity (Wildman–Crippen MR) is 74.4 cm³/mol. The van der Waals surface area contributed by atoms with Crippen molar-refractivity contribution in [1.82, 2.24) is 0 Å². The molecule has 2 aromatic rings. The van der Waals surface area contributed by atoms with Crippen molar-refractivity contribution in [1.29, 1.82) is 0 Å². The van der Waals surface area contributed by atoms with E-state index in [4.69, 9.17) is 0 Å². The van der Waals surface area contributed by atoms with Gasteiger partial charge in [0.1, 0.15) is 5.82 Å². The van der Waals surface area contributed by atoms with E-state index in [1.54, 1.807) is 13.0 Å². The minimum atomic E-state index is -0.160. The van der Waals surface area contributed by atoms with Crippen LogP contribution < -0.4 is 5.32 Å². The Hall–Kier alpha value is -1.83. The standard InChI is InChI=1S/C16H18FN/c1-12(11-14-7-4-3-5-8-14)18-16-10-6-9-15(17)13(16)2/h3-10,12,18H,11H2,1-2H3. The van der Waals surface area contributed by atoms with E-state index in [0.717, 1.165) is 12.1 Å². The summed E-state index contributed by atoms with van der Waals surface area (Å²) in [7, 11) is 0. The van der Waals surface area contributed by atoms with Gasteiger partial charge in [-0.3, -0.25) is 0 Å². The molecule has 0 aliphatic heterocycles. The van der Waals surface area contributed by atoms with Crippen LogP contribution in [0.2, 0.25) is 0 Å². The van der Waals surface area contributed by atoms with Gasteiger partial charge in [0.15, 0.2) is 0 Å². The van der Waals surface area contributed by atoms with Crippen LogP contribution in [0.1, 0.15) is 18.1 Å². The van der Waals surface area contributed by atoms with Gasteiger partial charge in [-0.1, -0.05) is 36.4 Å². The van der Waals surface area contributed by atoms with Gasteiger partial charge in [-0.2, -0.15) is 0 Å². The van der Waals surface area contributed by atoms with E-state index in [0.29, 0.717) is 5.56 Å². The van der Waals surface area contributed by atoms with Gasteiger partial charge in [0.05, 0.1) is 0 Å². The average Bonchev–Trinajstić information content (AvgIpc) is 2.36. The molecular weight excluding hydrogens is 225 g/mol. The van der Waals surface area contributed by atoms with Crippen molar-refractivity contribution in [2.75, 3.05) is 5.32 Å². The fraction of sp³-hybridized carbons (Fsp3) is 0.250. The number of hydrogen-bond acceptors (Lipinski definition) is 1. The second-order valence-corrected chi connectivity index (χ2v) is 4.65. The first-order chi connectivity index (χ1) is 8.66. The molecule has 2 heteroatoms. The third kappa shape index (κ3) is 3.10. The van der Waals surface area contributed by atoms with Gasteiger partial charge in [-0.25, -0.2) is 4.39 Å². The van der Waals surface area contributed by atoms with Crippen molar-refractivity contribution in [3.63, 3.8) is 0 Å². The van der Waals surface area contributed by atoms with Gasteiger partial charge < -0.3 is 5.32 Å². The van der Waals surface area contributed by atoms with Crippen molar-refractivity contribution in [3.05, 3.63) is 65.5 Å². The zero-order valence-electron chi connectivity index (χ0n) is 10.8. The van der Waals surface area contributed by atoms with Gasteiger partial charge in [-0.15, -0.1) is 0 Å². The monoisotopic (exact) mass is 243 g/mol. The maximum Gasteiger partial charge on any atom is 0.128 e. The molecule has 18 heavy (non-hydrogen) atoms. The molecule has 0 radical (unpaired) electrons. The fourth-order valence-corrected chi connectivity index (χ4v) is 2.05. The summed E-state index contributed by atoms with van der Waals surface area (Å²) in [5, 5.41) is 3.36. The Bertz CT molecular complexity index is 508. The highest BCUT2D eigenvalue weighted by atomic mass is 19.1. The van der Waals surface area contributed by atoms with Gasteiger partial charge in [-0.05, 0) is 38.0 Å². The van der Waals surface area contributed by atoms with Gasteiger partial charge in [0.2, 0.25) is 0 Å². The molecule has 0 saturated carbocycles. The summed E-state index contributed by atoms with van der Waals surface area (Å²) in [5.41, 5.74) is 2.84. The summed E-state index contributed by atoms with van der Waals surface area (Å²) in [6.45, 7) is 3.91.